The Morgan fingerprint density at radius 2 is 2.36 bits per heavy atom. The van der Waals surface area contributed by atoms with Crippen molar-refractivity contribution in [1.29, 1.82) is 0 Å². The summed E-state index contributed by atoms with van der Waals surface area (Å²) in [5, 5.41) is 0. The second kappa shape index (κ2) is 5.47. The molecule has 0 aromatic carbocycles. The molecule has 0 N–H and O–H groups in total. The van der Waals surface area contributed by atoms with Crippen LogP contribution in [-0.4, -0.2) is 43.0 Å². The fourth-order valence-corrected chi connectivity index (χ4v) is 1.96. The van der Waals surface area contributed by atoms with Crippen molar-refractivity contribution in [3.05, 3.63) is 0 Å². The molecule has 1 saturated heterocycles. The highest BCUT2D eigenvalue weighted by Crippen LogP contribution is 2.12. The van der Waals surface area contributed by atoms with Gasteiger partial charge in [-0.2, -0.15) is 0 Å². The Bertz CT molecular complexity index is 194. The molecule has 0 radical (unpaired) electrons. The molecule has 0 spiro atoms. The zero-order valence-corrected chi connectivity index (χ0v) is 9.45. The fraction of sp³-hybridized carbons (Fsp3) is 0.909. The minimum atomic E-state index is 0.206. The van der Waals surface area contributed by atoms with Crippen molar-refractivity contribution < 1.29 is 9.53 Å². The number of Topliss-reactive ketones (excluding diaryl/α,β-unsaturated/α-hetero) is 1. The maximum Gasteiger partial charge on any atom is 0.138 e. The van der Waals surface area contributed by atoms with E-state index in [1.165, 1.54) is 0 Å². The third-order valence-corrected chi connectivity index (χ3v) is 2.72. The first-order chi connectivity index (χ1) is 6.63. The van der Waals surface area contributed by atoms with Crippen LogP contribution in [-0.2, 0) is 9.53 Å². The third kappa shape index (κ3) is 3.39. The van der Waals surface area contributed by atoms with Gasteiger partial charge in [0, 0.05) is 38.6 Å². The first-order valence-corrected chi connectivity index (χ1v) is 5.50. The first kappa shape index (κ1) is 11.7. The summed E-state index contributed by atoms with van der Waals surface area (Å²) in [6.45, 7) is 9.63. The molecule has 1 aliphatic heterocycles. The molecule has 0 aromatic heterocycles. The molecule has 3 nitrogen and oxygen atoms in total. The van der Waals surface area contributed by atoms with Gasteiger partial charge in [0.2, 0.25) is 0 Å². The molecule has 3 heteroatoms. The second-order valence-corrected chi connectivity index (χ2v) is 4.14. The van der Waals surface area contributed by atoms with Crippen LogP contribution in [0.3, 0.4) is 0 Å². The maximum absolute atomic E-state index is 11.3. The summed E-state index contributed by atoms with van der Waals surface area (Å²) in [5.41, 5.74) is 0. The molecule has 82 valence electrons. The van der Waals surface area contributed by atoms with E-state index in [4.69, 9.17) is 4.74 Å². The van der Waals surface area contributed by atoms with Crippen LogP contribution in [0.25, 0.3) is 0 Å². The lowest BCUT2D eigenvalue weighted by Gasteiger charge is -2.31. The van der Waals surface area contributed by atoms with E-state index in [1.807, 2.05) is 13.8 Å². The fourth-order valence-electron chi connectivity index (χ4n) is 1.96. The van der Waals surface area contributed by atoms with Gasteiger partial charge in [-0.15, -0.1) is 0 Å². The molecular formula is C11H21NO2. The summed E-state index contributed by atoms with van der Waals surface area (Å²) in [6.07, 6.45) is 0.986. The van der Waals surface area contributed by atoms with Gasteiger partial charge >= 0.3 is 0 Å². The topological polar surface area (TPSA) is 29.5 Å². The number of hydrogen-bond donors (Lipinski definition) is 0. The molecule has 1 heterocycles. The van der Waals surface area contributed by atoms with Crippen LogP contribution in [0.2, 0.25) is 0 Å². The van der Waals surface area contributed by atoms with E-state index in [2.05, 4.69) is 11.8 Å². The molecule has 1 aliphatic rings. The Kier molecular flexibility index (Phi) is 4.55. The van der Waals surface area contributed by atoms with Crippen molar-refractivity contribution in [2.24, 2.45) is 5.92 Å². The predicted molar refractivity (Wildman–Crippen MR) is 56.3 cm³/mol. The maximum atomic E-state index is 11.3. The normalized spacial score (nSPS) is 26.5. The summed E-state index contributed by atoms with van der Waals surface area (Å²) in [6, 6.07) is 0. The number of likely N-dealkylation sites (tertiary alicyclic amines) is 1. The monoisotopic (exact) mass is 199 g/mol. The highest BCUT2D eigenvalue weighted by molar-refractivity contribution is 5.81. The molecule has 1 fully saturated rings. The first-order valence-electron chi connectivity index (χ1n) is 5.50. The van der Waals surface area contributed by atoms with Crippen molar-refractivity contribution in [2.75, 3.05) is 26.2 Å². The molecule has 0 bridgehead atoms. The Hall–Kier alpha value is -0.410. The van der Waals surface area contributed by atoms with Crippen LogP contribution in [0.1, 0.15) is 27.2 Å². The van der Waals surface area contributed by atoms with Crippen molar-refractivity contribution >= 4 is 5.78 Å². The molecule has 0 amide bonds. The standard InChI is InChI=1S/C11H21NO2/c1-4-14-10(3)8-12-6-5-11(13)9(2)7-12/h9-10H,4-8H2,1-3H3. The van der Waals surface area contributed by atoms with Gasteiger partial charge < -0.3 is 4.74 Å². The molecule has 0 aromatic rings. The van der Waals surface area contributed by atoms with Crippen LogP contribution >= 0.6 is 0 Å². The van der Waals surface area contributed by atoms with E-state index in [0.29, 0.717) is 12.2 Å². The summed E-state index contributed by atoms with van der Waals surface area (Å²) >= 11 is 0. The lowest BCUT2D eigenvalue weighted by atomic mass is 9.98. The molecule has 14 heavy (non-hydrogen) atoms. The summed E-state index contributed by atoms with van der Waals surface area (Å²) in [4.78, 5) is 13.6. The molecule has 2 atom stereocenters. The molecule has 2 unspecified atom stereocenters. The van der Waals surface area contributed by atoms with E-state index >= 15 is 0 Å². The van der Waals surface area contributed by atoms with Crippen LogP contribution in [0.15, 0.2) is 0 Å². The summed E-state index contributed by atoms with van der Waals surface area (Å²) in [7, 11) is 0. The van der Waals surface area contributed by atoms with Crippen molar-refractivity contribution in [3.63, 3.8) is 0 Å². The number of hydrogen-bond acceptors (Lipinski definition) is 3. The SMILES string of the molecule is CCOC(C)CN1CCC(=O)C(C)C1. The van der Waals surface area contributed by atoms with Gasteiger partial charge in [-0.3, -0.25) is 9.69 Å². The minimum absolute atomic E-state index is 0.206. The van der Waals surface area contributed by atoms with Crippen LogP contribution < -0.4 is 0 Å². The van der Waals surface area contributed by atoms with Gasteiger partial charge in [0.15, 0.2) is 0 Å². The van der Waals surface area contributed by atoms with E-state index < -0.39 is 0 Å². The molecule has 1 rings (SSSR count). The average Bonchev–Trinajstić information content (AvgIpc) is 2.12. The lowest BCUT2D eigenvalue weighted by Crippen LogP contribution is -2.43. The van der Waals surface area contributed by atoms with Gasteiger partial charge in [-0.25, -0.2) is 0 Å². The lowest BCUT2D eigenvalue weighted by molar-refractivity contribution is -0.126. The Morgan fingerprint density at radius 3 is 2.93 bits per heavy atom. The number of ketones is 1. The Balaban J connectivity index is 2.29. The quantitative estimate of drug-likeness (QED) is 0.684. The summed E-state index contributed by atoms with van der Waals surface area (Å²) < 4.78 is 5.48. The predicted octanol–water partition coefficient (Wildman–Crippen LogP) is 1.32. The van der Waals surface area contributed by atoms with E-state index in [-0.39, 0.29) is 12.0 Å². The highest BCUT2D eigenvalue weighted by atomic mass is 16.5. The second-order valence-electron chi connectivity index (χ2n) is 4.14. The van der Waals surface area contributed by atoms with Gasteiger partial charge in [0.05, 0.1) is 6.10 Å². The van der Waals surface area contributed by atoms with E-state index in [0.717, 1.165) is 26.2 Å². The van der Waals surface area contributed by atoms with Gasteiger partial charge in [-0.1, -0.05) is 6.92 Å². The largest absolute Gasteiger partial charge is 0.377 e. The highest BCUT2D eigenvalue weighted by Gasteiger charge is 2.24. The Labute approximate surface area is 86.4 Å². The van der Waals surface area contributed by atoms with E-state index in [1.54, 1.807) is 0 Å². The number of ether oxygens (including phenoxy) is 1. The van der Waals surface area contributed by atoms with Crippen LogP contribution in [0.4, 0.5) is 0 Å². The number of piperidine rings is 1. The van der Waals surface area contributed by atoms with Gasteiger partial charge in [0.1, 0.15) is 5.78 Å². The third-order valence-electron chi connectivity index (χ3n) is 2.72. The summed E-state index contributed by atoms with van der Waals surface area (Å²) in [5.74, 6) is 0.614. The molecule has 0 saturated carbocycles. The van der Waals surface area contributed by atoms with Crippen LogP contribution in [0, 0.1) is 5.92 Å². The Morgan fingerprint density at radius 1 is 1.64 bits per heavy atom. The van der Waals surface area contributed by atoms with Crippen molar-refractivity contribution in [1.82, 2.24) is 4.90 Å². The molecular weight excluding hydrogens is 178 g/mol. The number of rotatable bonds is 4. The smallest absolute Gasteiger partial charge is 0.138 e. The minimum Gasteiger partial charge on any atom is -0.377 e. The van der Waals surface area contributed by atoms with Gasteiger partial charge in [0.25, 0.3) is 0 Å². The number of nitrogens with zero attached hydrogens (tertiary/aromatic N) is 1. The van der Waals surface area contributed by atoms with E-state index in [9.17, 15) is 4.79 Å². The number of carbonyl (C=O) groups excluding carboxylic acids is 1. The number of carbonyl (C=O) groups is 1. The van der Waals surface area contributed by atoms with Gasteiger partial charge in [-0.05, 0) is 13.8 Å². The van der Waals surface area contributed by atoms with Crippen LogP contribution in [0.5, 0.6) is 0 Å². The average molecular weight is 199 g/mol. The molecule has 0 aliphatic carbocycles. The zero-order valence-electron chi connectivity index (χ0n) is 9.45. The zero-order chi connectivity index (χ0) is 10.6. The van der Waals surface area contributed by atoms with Crippen molar-refractivity contribution in [2.45, 2.75) is 33.3 Å². The van der Waals surface area contributed by atoms with Crippen molar-refractivity contribution in [3.8, 4) is 0 Å².